The molecular weight excluding hydrogens is 800 g/mol. The fourth-order valence-electron chi connectivity index (χ4n) is 5.87. The van der Waals surface area contributed by atoms with Gasteiger partial charge in [0.05, 0.1) is 32.9 Å². The van der Waals surface area contributed by atoms with Gasteiger partial charge in [-0.15, -0.1) is 91.0 Å². The van der Waals surface area contributed by atoms with Crippen LogP contribution < -0.4 is 0 Å². The largest absolute Gasteiger partial charge is 0.481 e. The molecule has 8 fully saturated rings. The van der Waals surface area contributed by atoms with Gasteiger partial charge < -0.3 is 10.2 Å². The van der Waals surface area contributed by atoms with E-state index in [1.165, 1.54) is 19.3 Å². The van der Waals surface area contributed by atoms with Crippen LogP contribution in [0.2, 0.25) is 0 Å². The van der Waals surface area contributed by atoms with E-state index >= 15 is 0 Å². The zero-order chi connectivity index (χ0) is 34.7. The minimum Gasteiger partial charge on any atom is -0.481 e. The number of aryl methyl sites for hydroxylation is 1. The van der Waals surface area contributed by atoms with Crippen molar-refractivity contribution >= 4 is 82.5 Å². The number of aliphatic carboxylic acids is 2. The Labute approximate surface area is 329 Å². The number of pyridine rings is 2. The van der Waals surface area contributed by atoms with Crippen LogP contribution in [0.1, 0.15) is 64.0 Å². The normalized spacial score (nSPS) is 31.1. The summed E-state index contributed by atoms with van der Waals surface area (Å²) in [6.07, 6.45) is 14.1. The smallest absolute Gasteiger partial charge is 0.309 e. The van der Waals surface area contributed by atoms with Crippen molar-refractivity contribution in [2.45, 2.75) is 86.3 Å². The fourth-order valence-corrected chi connectivity index (χ4v) is 20.5. The van der Waals surface area contributed by atoms with Crippen molar-refractivity contribution in [1.29, 1.82) is 0 Å². The monoisotopic (exact) mass is 837 g/mol. The number of carbonyl (C=O) groups is 2. The molecule has 271 valence electrons. The van der Waals surface area contributed by atoms with Gasteiger partial charge in [0.25, 0.3) is 5.97 Å². The summed E-state index contributed by atoms with van der Waals surface area (Å²) in [6.45, 7) is 3.08. The Morgan fingerprint density at radius 2 is 1.04 bits per heavy atom. The minimum atomic E-state index is -0.833. The number of hydrogen-bond acceptors (Lipinski definition) is 14. The van der Waals surface area contributed by atoms with E-state index in [1.54, 1.807) is 24.8 Å². The van der Waals surface area contributed by atoms with E-state index in [2.05, 4.69) is 77.5 Å². The van der Waals surface area contributed by atoms with Crippen LogP contribution in [0.3, 0.4) is 0 Å². The molecule has 3 aromatic rings. The summed E-state index contributed by atoms with van der Waals surface area (Å²) in [5.74, 6) is 6.37. The number of rotatable bonds is 2. The second kappa shape index (κ2) is 20.0. The van der Waals surface area contributed by atoms with Gasteiger partial charge in [0, 0.05) is 60.6 Å². The second-order valence-electron chi connectivity index (χ2n) is 11.8. The Balaban J connectivity index is 0.000000160. The molecule has 8 aliphatic heterocycles. The summed E-state index contributed by atoms with van der Waals surface area (Å²) in [5.41, 5.74) is -0.156. The van der Waals surface area contributed by atoms with E-state index in [9.17, 15) is 9.90 Å². The molecule has 3 aromatic heterocycles. The average Bonchev–Trinajstić information content (AvgIpc) is 3.09. The summed E-state index contributed by atoms with van der Waals surface area (Å²) in [7, 11) is 0. The first-order valence-electron chi connectivity index (χ1n) is 15.8. The molecule has 0 saturated carbocycles. The summed E-state index contributed by atoms with van der Waals surface area (Å²) < 4.78 is 3.91. The summed E-state index contributed by atoms with van der Waals surface area (Å²) in [4.78, 5) is 27.8. The van der Waals surface area contributed by atoms with Crippen molar-refractivity contribution in [2.75, 3.05) is 0 Å². The minimum absolute atomic E-state index is 0. The molecule has 1 radical (unpaired) electrons. The molecule has 11 rings (SSSR count). The first-order chi connectivity index (χ1) is 23.7. The molecular formula is C33H38CuN6O4S6. The maximum absolute atomic E-state index is 11.2. The summed E-state index contributed by atoms with van der Waals surface area (Å²) in [5, 5.41) is 32.8. The van der Waals surface area contributed by atoms with Crippen LogP contribution in [0.5, 0.6) is 0 Å². The number of carboxylic acids is 2. The third kappa shape index (κ3) is 12.2. The van der Waals surface area contributed by atoms with E-state index in [4.69, 9.17) is 9.90 Å². The number of thioether (sulfide) groups is 6. The van der Waals surface area contributed by atoms with Crippen LogP contribution in [-0.4, -0.2) is 80.0 Å². The van der Waals surface area contributed by atoms with Crippen molar-refractivity contribution in [3.05, 3.63) is 72.8 Å². The zero-order valence-corrected chi connectivity index (χ0v) is 33.2. The molecule has 10 nitrogen and oxygen atoms in total. The van der Waals surface area contributed by atoms with Crippen LogP contribution in [0.25, 0.3) is 0 Å². The molecule has 2 N–H and O–H groups in total. The molecule has 0 aromatic carbocycles. The zero-order valence-electron chi connectivity index (χ0n) is 27.3. The van der Waals surface area contributed by atoms with Crippen molar-refractivity contribution in [3.63, 3.8) is 0 Å². The predicted molar refractivity (Wildman–Crippen MR) is 204 cm³/mol. The van der Waals surface area contributed by atoms with Crippen molar-refractivity contribution in [2.24, 2.45) is 10.8 Å². The Bertz CT molecular complexity index is 1410. The molecule has 8 aliphatic rings. The number of aromatic nitrogens is 6. The number of nitrogens with zero attached hydrogens (tertiary/aromatic N) is 6. The second-order valence-corrected chi connectivity index (χ2v) is 22.0. The van der Waals surface area contributed by atoms with E-state index in [0.717, 1.165) is 46.4 Å². The van der Waals surface area contributed by atoms with Crippen LogP contribution in [0.15, 0.2) is 61.2 Å². The fraction of sp³-hybridized carbons (Fsp3) is 0.515. The van der Waals surface area contributed by atoms with Gasteiger partial charge in [-0.25, -0.2) is 0 Å². The maximum Gasteiger partial charge on any atom is 0.309 e. The standard InChI is InChI=1S/C13H14N4S3.C8H10O2S3.2C5H5N.C2H4O2.Cu/c1-2-8-14-16-9(17-15-8)3-4-13-5-10-18-11(6-13)20-12(7-13)19-10;9-7(10)8-1-4-11-5(2-8)13-6(3-8)12-4;2*1-2-4-6-5-3-1;1-2(3)4;/h10-12H,2,5-7H2,1H3;4-6H,1-3H2,(H,9,10);2*1-5H;1H3,(H,3,4);. The summed E-state index contributed by atoms with van der Waals surface area (Å²) in [6, 6.07) is 11.4. The van der Waals surface area contributed by atoms with Crippen molar-refractivity contribution < 1.29 is 36.9 Å². The first kappa shape index (κ1) is 41.1. The molecule has 11 heterocycles. The molecule has 0 unspecified atom stereocenters. The Hall–Kier alpha value is -1.64. The van der Waals surface area contributed by atoms with Crippen LogP contribution >= 0.6 is 70.6 Å². The summed E-state index contributed by atoms with van der Waals surface area (Å²) >= 11 is 12.4. The van der Waals surface area contributed by atoms with Gasteiger partial charge in [0.2, 0.25) is 5.82 Å². The molecule has 0 spiro atoms. The van der Waals surface area contributed by atoms with Gasteiger partial charge in [-0.2, -0.15) is 0 Å². The SMILES string of the molecule is CC(=O)O.CCc1nnc(C#CC23CC4SC(C2)SC(C3)S4)nn1.O=C(O)C12CC3SC(C1)SC(C2)S3.[Cu].c1ccncc1.c1ccncc1. The molecule has 17 heteroatoms. The number of hydrogen-bond donors (Lipinski definition) is 2. The molecule has 0 amide bonds. The van der Waals surface area contributed by atoms with Crippen LogP contribution in [0.4, 0.5) is 0 Å². The Morgan fingerprint density at radius 1 is 0.680 bits per heavy atom. The van der Waals surface area contributed by atoms with E-state index < -0.39 is 11.9 Å². The quantitative estimate of drug-likeness (QED) is 0.197. The molecule has 8 bridgehead atoms. The van der Waals surface area contributed by atoms with E-state index in [-0.39, 0.29) is 27.9 Å². The van der Waals surface area contributed by atoms with Crippen LogP contribution in [0, 0.1) is 22.7 Å². The third-order valence-electron chi connectivity index (χ3n) is 8.03. The van der Waals surface area contributed by atoms with Gasteiger partial charge in [-0.3, -0.25) is 19.6 Å². The topological polar surface area (TPSA) is 152 Å². The van der Waals surface area contributed by atoms with Gasteiger partial charge in [0.15, 0.2) is 5.82 Å². The molecule has 0 aliphatic carbocycles. The van der Waals surface area contributed by atoms with Gasteiger partial charge in [0.1, 0.15) is 0 Å². The predicted octanol–water partition coefficient (Wildman–Crippen LogP) is 7.25. The van der Waals surface area contributed by atoms with E-state index in [1.807, 2.05) is 78.6 Å². The average molecular weight is 839 g/mol. The van der Waals surface area contributed by atoms with Crippen LogP contribution in [-0.2, 0) is 33.1 Å². The van der Waals surface area contributed by atoms with Gasteiger partial charge in [-0.05, 0) is 68.7 Å². The first-order valence-corrected chi connectivity index (χ1v) is 21.5. The Kier molecular flexibility index (Phi) is 16.4. The van der Waals surface area contributed by atoms with E-state index in [0.29, 0.717) is 25.4 Å². The Morgan fingerprint density at radius 3 is 1.32 bits per heavy atom. The van der Waals surface area contributed by atoms with Gasteiger partial charge in [-0.1, -0.05) is 25.0 Å². The molecule has 50 heavy (non-hydrogen) atoms. The van der Waals surface area contributed by atoms with Gasteiger partial charge >= 0.3 is 5.97 Å². The maximum atomic E-state index is 11.2. The number of carboxylic acid groups (broad SMARTS) is 2. The third-order valence-corrected chi connectivity index (χ3v) is 17.7. The molecule has 0 atom stereocenters. The molecule has 8 saturated heterocycles. The van der Waals surface area contributed by atoms with Crippen molar-refractivity contribution in [1.82, 2.24) is 30.4 Å². The van der Waals surface area contributed by atoms with Crippen molar-refractivity contribution in [3.8, 4) is 11.8 Å².